The van der Waals surface area contributed by atoms with Gasteiger partial charge in [0.05, 0.1) is 11.9 Å². The minimum Gasteiger partial charge on any atom is -0.323 e. The number of nitrogens with zero attached hydrogens (tertiary/aromatic N) is 1. The van der Waals surface area contributed by atoms with Crippen LogP contribution in [0.3, 0.4) is 0 Å². The average Bonchev–Trinajstić information content (AvgIpc) is 3.10. The molecule has 0 unspecified atom stereocenters. The number of aryl methyl sites for hydroxylation is 3. The lowest BCUT2D eigenvalue weighted by atomic mass is 10.2. The van der Waals surface area contributed by atoms with Crippen LogP contribution in [0.1, 0.15) is 28.0 Å². The van der Waals surface area contributed by atoms with Crippen molar-refractivity contribution in [1.29, 1.82) is 0 Å². The molecule has 0 aromatic carbocycles. The second-order valence-corrected chi connectivity index (χ2v) is 7.70. The summed E-state index contributed by atoms with van der Waals surface area (Å²) in [5.41, 5.74) is 3.71. The first-order valence-electron chi connectivity index (χ1n) is 6.94. The van der Waals surface area contributed by atoms with Gasteiger partial charge in [-0.05, 0) is 65.9 Å². The molecular weight excluding hydrogens is 320 g/mol. The predicted octanol–water partition coefficient (Wildman–Crippen LogP) is 4.03. The highest BCUT2D eigenvalue weighted by Gasteiger charge is 2.21. The molecule has 3 aromatic rings. The van der Waals surface area contributed by atoms with Crippen molar-refractivity contribution in [3.63, 3.8) is 0 Å². The number of rotatable bonds is 2. The third-order valence-electron chi connectivity index (χ3n) is 4.14. The third kappa shape index (κ3) is 2.05. The summed E-state index contributed by atoms with van der Waals surface area (Å²) in [7, 11) is 0. The molecule has 3 heterocycles. The van der Waals surface area contributed by atoms with Crippen LogP contribution in [0.4, 0.5) is 0 Å². The summed E-state index contributed by atoms with van der Waals surface area (Å²) >= 11 is 8.77. The molecule has 4 rings (SSSR count). The second-order valence-electron chi connectivity index (χ2n) is 5.46. The van der Waals surface area contributed by atoms with Gasteiger partial charge in [0.2, 0.25) is 0 Å². The van der Waals surface area contributed by atoms with Crippen molar-refractivity contribution < 1.29 is 0 Å². The number of H-pyrrole nitrogens is 1. The van der Waals surface area contributed by atoms with Gasteiger partial charge in [0, 0.05) is 4.88 Å². The van der Waals surface area contributed by atoms with E-state index >= 15 is 0 Å². The summed E-state index contributed by atoms with van der Waals surface area (Å²) < 4.78 is 2.23. The van der Waals surface area contributed by atoms with E-state index in [-0.39, 0.29) is 5.56 Å². The summed E-state index contributed by atoms with van der Waals surface area (Å²) in [5, 5.41) is 5.07. The maximum Gasteiger partial charge on any atom is 0.263 e. The van der Waals surface area contributed by atoms with E-state index < -0.39 is 0 Å². The van der Waals surface area contributed by atoms with Gasteiger partial charge in [0.15, 0.2) is 4.77 Å². The lowest BCUT2D eigenvalue weighted by Gasteiger charge is -2.07. The number of aromatic amines is 1. The van der Waals surface area contributed by atoms with Crippen molar-refractivity contribution in [2.75, 3.05) is 0 Å². The van der Waals surface area contributed by atoms with Gasteiger partial charge in [-0.15, -0.1) is 11.3 Å². The number of aromatic nitrogens is 2. The maximum absolute atomic E-state index is 12.9. The van der Waals surface area contributed by atoms with Crippen LogP contribution in [0, 0.1) is 11.7 Å². The molecule has 0 spiro atoms. The van der Waals surface area contributed by atoms with Gasteiger partial charge in [-0.25, -0.2) is 0 Å². The first-order valence-corrected chi connectivity index (χ1v) is 9.11. The molecule has 3 nitrogen and oxygen atoms in total. The summed E-state index contributed by atoms with van der Waals surface area (Å²) in [6, 6.07) is 0. The number of hydrogen-bond acceptors (Lipinski definition) is 4. The first kappa shape index (κ1) is 13.4. The lowest BCUT2D eigenvalue weighted by molar-refractivity contribution is 0.733. The molecular formula is C15H14N2OS3. The van der Waals surface area contributed by atoms with Crippen LogP contribution < -0.4 is 5.56 Å². The van der Waals surface area contributed by atoms with Crippen LogP contribution in [0.25, 0.3) is 10.2 Å². The fourth-order valence-corrected chi connectivity index (χ4v) is 5.42. The van der Waals surface area contributed by atoms with Crippen molar-refractivity contribution in [2.45, 2.75) is 32.7 Å². The van der Waals surface area contributed by atoms with Gasteiger partial charge >= 0.3 is 0 Å². The zero-order valence-corrected chi connectivity index (χ0v) is 14.0. The Kier molecular flexibility index (Phi) is 3.13. The molecule has 108 valence electrons. The fourth-order valence-electron chi connectivity index (χ4n) is 2.97. The van der Waals surface area contributed by atoms with Gasteiger partial charge in [-0.3, -0.25) is 9.36 Å². The molecule has 6 heteroatoms. The Bertz CT molecular complexity index is 958. The summed E-state index contributed by atoms with van der Waals surface area (Å²) in [6.45, 7) is 2.63. The molecule has 0 fully saturated rings. The molecule has 0 atom stereocenters. The van der Waals surface area contributed by atoms with Crippen molar-refractivity contribution in [2.24, 2.45) is 0 Å². The van der Waals surface area contributed by atoms with E-state index in [0.717, 1.165) is 29.5 Å². The Labute approximate surface area is 134 Å². The first-order chi connectivity index (χ1) is 10.1. The van der Waals surface area contributed by atoms with E-state index in [9.17, 15) is 4.79 Å². The fraction of sp³-hybridized carbons (Fsp3) is 0.333. The highest BCUT2D eigenvalue weighted by molar-refractivity contribution is 7.71. The van der Waals surface area contributed by atoms with Gasteiger partial charge in [0.1, 0.15) is 4.83 Å². The Balaban J connectivity index is 1.95. The number of nitrogens with one attached hydrogen (secondary N) is 1. The molecule has 1 aliphatic rings. The Hall–Kier alpha value is -1.24. The van der Waals surface area contributed by atoms with E-state index in [1.165, 1.54) is 21.6 Å². The number of hydrogen-bond donors (Lipinski definition) is 1. The number of fused-ring (bicyclic) bond motifs is 3. The van der Waals surface area contributed by atoms with Crippen molar-refractivity contribution >= 4 is 45.1 Å². The molecule has 0 bridgehead atoms. The van der Waals surface area contributed by atoms with E-state index in [2.05, 4.69) is 22.7 Å². The minimum atomic E-state index is 0.0683. The van der Waals surface area contributed by atoms with Crippen LogP contribution in [-0.2, 0) is 19.4 Å². The zero-order valence-electron chi connectivity index (χ0n) is 11.6. The largest absolute Gasteiger partial charge is 0.323 e. The molecule has 1 N–H and O–H groups in total. The average molecular weight is 334 g/mol. The summed E-state index contributed by atoms with van der Waals surface area (Å²) in [6.07, 6.45) is 3.28. The van der Waals surface area contributed by atoms with Gasteiger partial charge < -0.3 is 4.98 Å². The Morgan fingerprint density at radius 3 is 3.00 bits per heavy atom. The molecule has 0 saturated heterocycles. The van der Waals surface area contributed by atoms with Gasteiger partial charge in [0.25, 0.3) is 5.56 Å². The van der Waals surface area contributed by atoms with E-state index in [0.29, 0.717) is 11.3 Å². The van der Waals surface area contributed by atoms with E-state index in [1.54, 1.807) is 27.2 Å². The van der Waals surface area contributed by atoms with Crippen molar-refractivity contribution in [1.82, 2.24) is 9.55 Å². The SMILES string of the molecule is Cc1cscc1Cn1c(=S)[nH]c2sc3c(c2c1=O)CCC3. The normalized spacial score (nSPS) is 14.0. The van der Waals surface area contributed by atoms with E-state index in [1.807, 2.05) is 0 Å². The molecule has 21 heavy (non-hydrogen) atoms. The highest BCUT2D eigenvalue weighted by Crippen LogP contribution is 2.34. The predicted molar refractivity (Wildman–Crippen MR) is 91.5 cm³/mol. The molecule has 0 aliphatic heterocycles. The smallest absolute Gasteiger partial charge is 0.263 e. The highest BCUT2D eigenvalue weighted by atomic mass is 32.1. The van der Waals surface area contributed by atoms with Gasteiger partial charge in [-0.2, -0.15) is 11.3 Å². The van der Waals surface area contributed by atoms with Crippen LogP contribution in [0.2, 0.25) is 0 Å². The molecule has 0 saturated carbocycles. The monoisotopic (exact) mass is 334 g/mol. The molecule has 0 radical (unpaired) electrons. The Morgan fingerprint density at radius 1 is 1.38 bits per heavy atom. The maximum atomic E-state index is 12.9. The van der Waals surface area contributed by atoms with Crippen LogP contribution in [0.15, 0.2) is 15.6 Å². The summed E-state index contributed by atoms with van der Waals surface area (Å²) in [4.78, 5) is 18.5. The van der Waals surface area contributed by atoms with Crippen molar-refractivity contribution in [3.05, 3.63) is 47.5 Å². The van der Waals surface area contributed by atoms with Crippen LogP contribution >= 0.6 is 34.9 Å². The summed E-state index contributed by atoms with van der Waals surface area (Å²) in [5.74, 6) is 0. The standard InChI is InChI=1S/C15H14N2OS3/c1-8-6-20-7-9(8)5-17-14(18)12-10-3-2-4-11(10)21-13(12)16-15(17)19/h6-7H,2-5H2,1H3,(H,16,19). The van der Waals surface area contributed by atoms with Crippen LogP contribution in [0.5, 0.6) is 0 Å². The second kappa shape index (κ2) is 4.90. The minimum absolute atomic E-state index is 0.0683. The molecule has 3 aromatic heterocycles. The molecule has 1 aliphatic carbocycles. The van der Waals surface area contributed by atoms with Gasteiger partial charge in [-0.1, -0.05) is 0 Å². The number of thiophene rings is 2. The quantitative estimate of drug-likeness (QED) is 0.719. The lowest BCUT2D eigenvalue weighted by Crippen LogP contribution is -2.23. The van der Waals surface area contributed by atoms with Crippen molar-refractivity contribution in [3.8, 4) is 0 Å². The zero-order chi connectivity index (χ0) is 14.6. The third-order valence-corrected chi connectivity index (χ3v) is 6.58. The Morgan fingerprint density at radius 2 is 2.24 bits per heavy atom. The van der Waals surface area contributed by atoms with E-state index in [4.69, 9.17) is 12.2 Å². The topological polar surface area (TPSA) is 37.8 Å². The van der Waals surface area contributed by atoms with Crippen LogP contribution in [-0.4, -0.2) is 9.55 Å². The molecule has 0 amide bonds.